The lowest BCUT2D eigenvalue weighted by atomic mass is 9.85. The molecular weight excluding hydrogens is 227 g/mol. The molecule has 0 heterocycles. The van der Waals surface area contributed by atoms with E-state index in [-0.39, 0.29) is 6.04 Å². The van der Waals surface area contributed by atoms with Crippen LogP contribution >= 0.6 is 0 Å². The van der Waals surface area contributed by atoms with E-state index in [0.717, 1.165) is 18.4 Å². The monoisotopic (exact) mass is 243 g/mol. The molecule has 1 unspecified atom stereocenters. The van der Waals surface area contributed by atoms with E-state index < -0.39 is 11.7 Å². The van der Waals surface area contributed by atoms with Gasteiger partial charge in [-0.1, -0.05) is 12.1 Å². The van der Waals surface area contributed by atoms with Gasteiger partial charge in [-0.15, -0.1) is 0 Å². The van der Waals surface area contributed by atoms with E-state index in [1.807, 2.05) is 25.1 Å². The Bertz CT molecular complexity index is 410. The van der Waals surface area contributed by atoms with Gasteiger partial charge in [-0.25, -0.2) is 0 Å². The molecule has 1 aliphatic rings. The lowest BCUT2D eigenvalue weighted by molar-refractivity contribution is -0.138. The van der Waals surface area contributed by atoms with E-state index in [0.29, 0.717) is 12.0 Å². The minimum absolute atomic E-state index is 0.214. The molecule has 1 atom stereocenters. The Balaban J connectivity index is 2.40. The first-order valence-electron chi connectivity index (χ1n) is 5.74. The van der Waals surface area contributed by atoms with E-state index in [1.54, 1.807) is 0 Å². The first-order chi connectivity index (χ1) is 7.89. The van der Waals surface area contributed by atoms with Gasteiger partial charge in [0.25, 0.3) is 0 Å². The summed E-state index contributed by atoms with van der Waals surface area (Å²) >= 11 is 0. The second kappa shape index (κ2) is 4.33. The van der Waals surface area contributed by atoms with Crippen LogP contribution in [0.4, 0.5) is 13.2 Å². The summed E-state index contributed by atoms with van der Waals surface area (Å²) in [6.07, 6.45) is -2.07. The largest absolute Gasteiger partial charge is 0.416 e. The van der Waals surface area contributed by atoms with Crippen molar-refractivity contribution in [1.29, 1.82) is 0 Å². The molecule has 0 aromatic heterocycles. The second-order valence-corrected chi connectivity index (χ2v) is 4.80. The fraction of sp³-hybridized carbons (Fsp3) is 0.538. The summed E-state index contributed by atoms with van der Waals surface area (Å²) in [5.74, 6) is 0. The molecule has 0 N–H and O–H groups in total. The molecule has 1 aliphatic carbocycles. The molecular formula is C13H16F3N. The Morgan fingerprint density at radius 3 is 2.53 bits per heavy atom. The molecule has 4 heteroatoms. The van der Waals surface area contributed by atoms with Gasteiger partial charge in [0.1, 0.15) is 0 Å². The van der Waals surface area contributed by atoms with Crippen molar-refractivity contribution in [1.82, 2.24) is 4.90 Å². The maximum Gasteiger partial charge on any atom is 0.416 e. The predicted octanol–water partition coefficient (Wildman–Crippen LogP) is 3.12. The maximum absolute atomic E-state index is 12.9. The van der Waals surface area contributed by atoms with Crippen LogP contribution in [0.2, 0.25) is 0 Å². The number of aryl methyl sites for hydroxylation is 1. The van der Waals surface area contributed by atoms with Crippen molar-refractivity contribution in [2.75, 3.05) is 14.1 Å². The number of likely N-dealkylation sites (N-methyl/N-ethyl adjacent to an activating group) is 1. The number of fused-ring (bicyclic) bond motifs is 1. The number of hydrogen-bond acceptors (Lipinski definition) is 1. The Hall–Kier alpha value is -1.03. The van der Waals surface area contributed by atoms with Crippen LogP contribution < -0.4 is 0 Å². The van der Waals surface area contributed by atoms with Crippen LogP contribution in [0, 0.1) is 0 Å². The molecule has 0 fully saturated rings. The van der Waals surface area contributed by atoms with E-state index in [1.165, 1.54) is 12.1 Å². The molecule has 2 rings (SSSR count). The highest BCUT2D eigenvalue weighted by Gasteiger charge is 2.35. The Morgan fingerprint density at radius 2 is 1.94 bits per heavy atom. The maximum atomic E-state index is 12.9. The summed E-state index contributed by atoms with van der Waals surface area (Å²) in [6, 6.07) is 4.73. The SMILES string of the molecule is CN(C)C1CCc2cccc(C(F)(F)F)c2C1. The summed E-state index contributed by atoms with van der Waals surface area (Å²) < 4.78 is 38.7. The molecule has 1 aromatic rings. The standard InChI is InChI=1S/C13H16F3N/c1-17(2)10-7-6-9-4-3-5-12(11(9)8-10)13(14,15)16/h3-5,10H,6-8H2,1-2H3. The van der Waals surface area contributed by atoms with Crippen LogP contribution in [0.1, 0.15) is 23.1 Å². The average molecular weight is 243 g/mol. The smallest absolute Gasteiger partial charge is 0.306 e. The van der Waals surface area contributed by atoms with E-state index >= 15 is 0 Å². The van der Waals surface area contributed by atoms with Crippen LogP contribution in [0.5, 0.6) is 0 Å². The Labute approximate surface area is 99.2 Å². The molecule has 1 aromatic carbocycles. The molecule has 0 aliphatic heterocycles. The third kappa shape index (κ3) is 2.46. The van der Waals surface area contributed by atoms with Crippen LogP contribution in [0.25, 0.3) is 0 Å². The van der Waals surface area contributed by atoms with Crippen molar-refractivity contribution in [3.63, 3.8) is 0 Å². The summed E-state index contributed by atoms with van der Waals surface area (Å²) in [7, 11) is 3.84. The van der Waals surface area contributed by atoms with Gasteiger partial charge < -0.3 is 4.90 Å². The van der Waals surface area contributed by atoms with Crippen molar-refractivity contribution in [3.8, 4) is 0 Å². The van der Waals surface area contributed by atoms with Crippen molar-refractivity contribution in [2.45, 2.75) is 31.5 Å². The van der Waals surface area contributed by atoms with Crippen LogP contribution in [-0.2, 0) is 19.0 Å². The molecule has 0 saturated heterocycles. The fourth-order valence-corrected chi connectivity index (χ4v) is 2.48. The minimum Gasteiger partial charge on any atom is -0.306 e. The normalized spacial score (nSPS) is 20.5. The van der Waals surface area contributed by atoms with Crippen molar-refractivity contribution in [2.24, 2.45) is 0 Å². The topological polar surface area (TPSA) is 3.24 Å². The first-order valence-corrected chi connectivity index (χ1v) is 5.74. The van der Waals surface area contributed by atoms with Gasteiger partial charge in [0.05, 0.1) is 5.56 Å². The summed E-state index contributed by atoms with van der Waals surface area (Å²) in [5.41, 5.74) is 0.893. The molecule has 1 nitrogen and oxygen atoms in total. The molecule has 0 spiro atoms. The van der Waals surface area contributed by atoms with Gasteiger partial charge in [-0.05, 0) is 50.6 Å². The van der Waals surface area contributed by atoms with Gasteiger partial charge in [0, 0.05) is 6.04 Å². The van der Waals surface area contributed by atoms with Crippen molar-refractivity contribution >= 4 is 0 Å². The Morgan fingerprint density at radius 1 is 1.24 bits per heavy atom. The lowest BCUT2D eigenvalue weighted by Gasteiger charge is -2.31. The number of benzene rings is 1. The number of hydrogen-bond donors (Lipinski definition) is 0. The summed E-state index contributed by atoms with van der Waals surface area (Å²) in [6.45, 7) is 0. The molecule has 0 saturated carbocycles. The van der Waals surface area contributed by atoms with Gasteiger partial charge in [-0.3, -0.25) is 0 Å². The number of halogens is 3. The van der Waals surface area contributed by atoms with E-state index in [2.05, 4.69) is 0 Å². The lowest BCUT2D eigenvalue weighted by Crippen LogP contribution is -2.34. The van der Waals surface area contributed by atoms with Gasteiger partial charge in [0.15, 0.2) is 0 Å². The number of rotatable bonds is 1. The number of nitrogens with zero attached hydrogens (tertiary/aromatic N) is 1. The fourth-order valence-electron chi connectivity index (χ4n) is 2.48. The van der Waals surface area contributed by atoms with E-state index in [9.17, 15) is 13.2 Å². The molecule has 0 amide bonds. The third-order valence-electron chi connectivity index (χ3n) is 3.50. The van der Waals surface area contributed by atoms with Crippen LogP contribution in [0.15, 0.2) is 18.2 Å². The van der Waals surface area contributed by atoms with Crippen molar-refractivity contribution < 1.29 is 13.2 Å². The second-order valence-electron chi connectivity index (χ2n) is 4.80. The van der Waals surface area contributed by atoms with Crippen LogP contribution in [0.3, 0.4) is 0 Å². The number of alkyl halides is 3. The first kappa shape index (κ1) is 12.4. The van der Waals surface area contributed by atoms with Gasteiger partial charge in [-0.2, -0.15) is 13.2 Å². The zero-order valence-corrected chi connectivity index (χ0v) is 10.0. The third-order valence-corrected chi connectivity index (χ3v) is 3.50. The van der Waals surface area contributed by atoms with Gasteiger partial charge >= 0.3 is 6.18 Å². The average Bonchev–Trinajstić information content (AvgIpc) is 2.26. The molecule has 0 radical (unpaired) electrons. The highest BCUT2D eigenvalue weighted by molar-refractivity contribution is 5.39. The minimum atomic E-state index is -4.24. The Kier molecular flexibility index (Phi) is 3.17. The quantitative estimate of drug-likeness (QED) is 0.732. The molecule has 17 heavy (non-hydrogen) atoms. The van der Waals surface area contributed by atoms with Gasteiger partial charge in [0.2, 0.25) is 0 Å². The van der Waals surface area contributed by atoms with E-state index in [4.69, 9.17) is 0 Å². The predicted molar refractivity (Wildman–Crippen MR) is 60.9 cm³/mol. The summed E-state index contributed by atoms with van der Waals surface area (Å²) in [5, 5.41) is 0. The highest BCUT2D eigenvalue weighted by atomic mass is 19.4. The van der Waals surface area contributed by atoms with Crippen LogP contribution in [-0.4, -0.2) is 25.0 Å². The highest BCUT2D eigenvalue weighted by Crippen LogP contribution is 2.36. The molecule has 94 valence electrons. The molecule has 0 bridgehead atoms. The zero-order valence-electron chi connectivity index (χ0n) is 10.0. The zero-order chi connectivity index (χ0) is 12.6. The van der Waals surface area contributed by atoms with Crippen molar-refractivity contribution in [3.05, 3.63) is 34.9 Å². The summed E-state index contributed by atoms with van der Waals surface area (Å²) in [4.78, 5) is 2.01.